The van der Waals surface area contributed by atoms with Crippen LogP contribution in [0.4, 0.5) is 0 Å². The van der Waals surface area contributed by atoms with Gasteiger partial charge in [0.25, 0.3) is 0 Å². The Morgan fingerprint density at radius 2 is 2.36 bits per heavy atom. The molecule has 0 heterocycles. The first kappa shape index (κ1) is 9.82. The van der Waals surface area contributed by atoms with Gasteiger partial charge < -0.3 is 9.84 Å². The number of hydrogen-bond donors (Lipinski definition) is 1. The van der Waals surface area contributed by atoms with Gasteiger partial charge in [0, 0.05) is 19.4 Å². The fourth-order valence-electron chi connectivity index (χ4n) is 2.31. The summed E-state index contributed by atoms with van der Waals surface area (Å²) in [6.45, 7) is 0.853. The van der Waals surface area contributed by atoms with Gasteiger partial charge in [-0.3, -0.25) is 0 Å². The van der Waals surface area contributed by atoms with E-state index in [0.29, 0.717) is 6.61 Å². The average Bonchev–Trinajstić information content (AvgIpc) is 2.18. The molecule has 0 aromatic heterocycles. The summed E-state index contributed by atoms with van der Waals surface area (Å²) in [5, 5.41) is 8.64. The highest BCUT2D eigenvalue weighted by atomic mass is 16.5. The quantitative estimate of drug-likeness (QED) is 0.550. The summed E-state index contributed by atoms with van der Waals surface area (Å²) in [5.41, 5.74) is 4.82. The summed E-state index contributed by atoms with van der Waals surface area (Å²) in [6, 6.07) is 0. The molecule has 0 aliphatic heterocycles. The molecule has 0 radical (unpaired) electrons. The first-order valence-electron chi connectivity index (χ1n) is 5.59. The molecule has 2 rings (SSSR count). The molecule has 0 saturated heterocycles. The van der Waals surface area contributed by atoms with Crippen molar-refractivity contribution < 1.29 is 9.84 Å². The van der Waals surface area contributed by atoms with Gasteiger partial charge in [-0.25, -0.2) is 0 Å². The molecule has 78 valence electrons. The zero-order valence-electron chi connectivity index (χ0n) is 8.59. The molecule has 2 bridgehead atoms. The van der Waals surface area contributed by atoms with E-state index < -0.39 is 0 Å². The average molecular weight is 194 g/mol. The van der Waals surface area contributed by atoms with Crippen molar-refractivity contribution in [2.75, 3.05) is 13.2 Å². The lowest BCUT2D eigenvalue weighted by Gasteiger charge is -2.27. The molecule has 1 fully saturated rings. The highest BCUT2D eigenvalue weighted by Gasteiger charge is 2.22. The van der Waals surface area contributed by atoms with Crippen LogP contribution in [0.5, 0.6) is 0 Å². The molecule has 0 amide bonds. The Kier molecular flexibility index (Phi) is 3.28. The second-order valence-corrected chi connectivity index (χ2v) is 4.24. The van der Waals surface area contributed by atoms with Crippen molar-refractivity contribution in [3.63, 3.8) is 0 Å². The molecule has 1 atom stereocenters. The first-order valence-corrected chi connectivity index (χ1v) is 5.59. The predicted octanol–water partition coefficient (Wildman–Crippen LogP) is 2.39. The molecule has 2 aliphatic carbocycles. The van der Waals surface area contributed by atoms with Crippen LogP contribution in [0.1, 0.15) is 38.5 Å². The molecule has 2 nitrogen and oxygen atoms in total. The molecule has 0 aromatic rings. The molecule has 0 aromatic carbocycles. The van der Waals surface area contributed by atoms with Gasteiger partial charge in [-0.1, -0.05) is 5.73 Å². The molecule has 0 spiro atoms. The summed E-state index contributed by atoms with van der Waals surface area (Å²) < 4.78 is 5.58. The maximum absolute atomic E-state index is 8.64. The molecule has 2 aliphatic rings. The van der Waals surface area contributed by atoms with Gasteiger partial charge >= 0.3 is 0 Å². The van der Waals surface area contributed by atoms with Crippen LogP contribution in [0.25, 0.3) is 0 Å². The number of aliphatic hydroxyl groups excluding tert-OH is 1. The lowest BCUT2D eigenvalue weighted by atomic mass is 9.81. The lowest BCUT2D eigenvalue weighted by Crippen LogP contribution is -2.14. The van der Waals surface area contributed by atoms with Gasteiger partial charge in [0.15, 0.2) is 0 Å². The number of ether oxygens (including phenoxy) is 1. The normalized spacial score (nSPS) is 25.4. The van der Waals surface area contributed by atoms with Gasteiger partial charge in [-0.2, -0.15) is 0 Å². The number of rotatable bonds is 4. The molecule has 1 saturated carbocycles. The van der Waals surface area contributed by atoms with Gasteiger partial charge in [0.2, 0.25) is 0 Å². The second-order valence-electron chi connectivity index (χ2n) is 4.24. The zero-order chi connectivity index (χ0) is 9.80. The minimum atomic E-state index is 0.216. The Balaban J connectivity index is 1.93. The molecular formula is C12H18O2. The Morgan fingerprint density at radius 1 is 1.43 bits per heavy atom. The van der Waals surface area contributed by atoms with Crippen LogP contribution in [0.15, 0.2) is 17.1 Å². The van der Waals surface area contributed by atoms with Crippen LogP contribution in [-0.4, -0.2) is 18.3 Å². The van der Waals surface area contributed by atoms with E-state index in [0.717, 1.165) is 24.5 Å². The Bertz CT molecular complexity index is 261. The second kappa shape index (κ2) is 4.68. The van der Waals surface area contributed by atoms with Crippen molar-refractivity contribution in [3.05, 3.63) is 17.1 Å². The van der Waals surface area contributed by atoms with Crippen LogP contribution in [0.2, 0.25) is 0 Å². The van der Waals surface area contributed by atoms with Gasteiger partial charge in [-0.15, -0.1) is 0 Å². The van der Waals surface area contributed by atoms with Gasteiger partial charge in [0.05, 0.1) is 6.61 Å². The van der Waals surface area contributed by atoms with Gasteiger partial charge in [-0.05, 0) is 37.2 Å². The maximum atomic E-state index is 8.64. The topological polar surface area (TPSA) is 29.5 Å². The van der Waals surface area contributed by atoms with E-state index in [9.17, 15) is 0 Å². The number of fused-ring (bicyclic) bond motifs is 2. The smallest absolute Gasteiger partial charge is 0.138 e. The van der Waals surface area contributed by atoms with Crippen molar-refractivity contribution in [1.29, 1.82) is 0 Å². The summed E-state index contributed by atoms with van der Waals surface area (Å²) in [5.74, 6) is 1.84. The van der Waals surface area contributed by atoms with E-state index in [2.05, 4.69) is 5.73 Å². The van der Waals surface area contributed by atoms with E-state index in [1.807, 2.05) is 0 Å². The molecular weight excluding hydrogens is 176 g/mol. The Hall–Kier alpha value is -0.720. The van der Waals surface area contributed by atoms with Crippen LogP contribution in [0, 0.1) is 5.92 Å². The minimum Gasteiger partial charge on any atom is -0.490 e. The predicted molar refractivity (Wildman–Crippen MR) is 54.8 cm³/mol. The molecule has 1 N–H and O–H groups in total. The standard InChI is InChI=1S/C12H18O2/c13-5-2-6-14-12-8-10-3-1-4-11(7-10)9-12/h10,13H,1-8H2. The fourth-order valence-corrected chi connectivity index (χ4v) is 2.31. The zero-order valence-corrected chi connectivity index (χ0v) is 8.59. The Labute approximate surface area is 85.3 Å². The van der Waals surface area contributed by atoms with Gasteiger partial charge in [0.1, 0.15) is 5.76 Å². The third-order valence-electron chi connectivity index (χ3n) is 3.00. The first-order chi connectivity index (χ1) is 6.88. The monoisotopic (exact) mass is 194 g/mol. The summed E-state index contributed by atoms with van der Waals surface area (Å²) in [4.78, 5) is 0. The van der Waals surface area contributed by atoms with E-state index in [1.54, 1.807) is 0 Å². The Morgan fingerprint density at radius 3 is 3.14 bits per heavy atom. The summed E-state index contributed by atoms with van der Waals surface area (Å²) >= 11 is 0. The van der Waals surface area contributed by atoms with E-state index >= 15 is 0 Å². The van der Waals surface area contributed by atoms with Crippen molar-refractivity contribution >= 4 is 0 Å². The van der Waals surface area contributed by atoms with Crippen molar-refractivity contribution in [2.45, 2.75) is 38.5 Å². The van der Waals surface area contributed by atoms with Crippen LogP contribution >= 0.6 is 0 Å². The molecule has 1 unspecified atom stereocenters. The van der Waals surface area contributed by atoms with E-state index in [1.165, 1.54) is 31.3 Å². The van der Waals surface area contributed by atoms with Crippen molar-refractivity contribution in [2.24, 2.45) is 5.92 Å². The maximum Gasteiger partial charge on any atom is 0.138 e. The highest BCUT2D eigenvalue weighted by molar-refractivity contribution is 5.14. The number of aliphatic hydroxyl groups is 1. The summed E-state index contributed by atoms with van der Waals surface area (Å²) in [6.07, 6.45) is 6.92. The minimum absolute atomic E-state index is 0.216. The lowest BCUT2D eigenvalue weighted by molar-refractivity contribution is 0.157. The fraction of sp³-hybridized carbons (Fsp3) is 0.750. The van der Waals surface area contributed by atoms with E-state index in [4.69, 9.17) is 9.84 Å². The van der Waals surface area contributed by atoms with Crippen LogP contribution in [-0.2, 0) is 4.74 Å². The van der Waals surface area contributed by atoms with E-state index in [-0.39, 0.29) is 6.61 Å². The van der Waals surface area contributed by atoms with Crippen molar-refractivity contribution in [1.82, 2.24) is 0 Å². The molecule has 2 heteroatoms. The third-order valence-corrected chi connectivity index (χ3v) is 3.00. The summed E-state index contributed by atoms with van der Waals surface area (Å²) in [7, 11) is 0. The SMILES string of the molecule is OCCCOC1=C=C2CCCC(C2)C1. The molecule has 14 heavy (non-hydrogen) atoms. The van der Waals surface area contributed by atoms with Crippen LogP contribution in [0.3, 0.4) is 0 Å². The van der Waals surface area contributed by atoms with Crippen LogP contribution < -0.4 is 0 Å². The highest BCUT2D eigenvalue weighted by Crippen LogP contribution is 2.35. The number of hydrogen-bond acceptors (Lipinski definition) is 2. The third kappa shape index (κ3) is 2.40. The largest absolute Gasteiger partial charge is 0.490 e. The number of allylic oxidation sites excluding steroid dienone is 1. The van der Waals surface area contributed by atoms with Crippen molar-refractivity contribution in [3.8, 4) is 0 Å².